The zero-order valence-electron chi connectivity index (χ0n) is 14.4. The monoisotopic (exact) mass is 377 g/mol. The molecule has 0 amide bonds. The van der Waals surface area contributed by atoms with Gasteiger partial charge in [0, 0.05) is 12.6 Å². The molecule has 0 bridgehead atoms. The highest BCUT2D eigenvalue weighted by molar-refractivity contribution is 7.93. The smallest absolute Gasteiger partial charge is 0.307 e. The van der Waals surface area contributed by atoms with Crippen LogP contribution in [0, 0.1) is 0 Å². The lowest BCUT2D eigenvalue weighted by atomic mass is 10.1. The normalized spacial score (nSPS) is 13.4. The molecule has 0 aliphatic carbocycles. The predicted molar refractivity (Wildman–Crippen MR) is 95.6 cm³/mol. The van der Waals surface area contributed by atoms with Gasteiger partial charge in [-0.2, -0.15) is 0 Å². The number of hydrogen-bond acceptors (Lipinski definition) is 5. The minimum atomic E-state index is -3.95. The molecule has 0 aromatic heterocycles. The van der Waals surface area contributed by atoms with Crippen LogP contribution in [-0.4, -0.2) is 40.3 Å². The van der Waals surface area contributed by atoms with Crippen LogP contribution in [0.25, 0.3) is 0 Å². The van der Waals surface area contributed by atoms with E-state index < -0.39 is 22.4 Å². The summed E-state index contributed by atoms with van der Waals surface area (Å²) in [6.45, 7) is 0.308. The van der Waals surface area contributed by atoms with Gasteiger partial charge in [-0.05, 0) is 29.7 Å². The van der Waals surface area contributed by atoms with Gasteiger partial charge in [-0.1, -0.05) is 18.2 Å². The lowest BCUT2D eigenvalue weighted by Crippen LogP contribution is -2.30. The number of ether oxygens (including phenoxy) is 2. The van der Waals surface area contributed by atoms with Gasteiger partial charge in [0.2, 0.25) is 0 Å². The molecule has 26 heavy (non-hydrogen) atoms. The van der Waals surface area contributed by atoms with E-state index in [4.69, 9.17) is 9.47 Å². The predicted octanol–water partition coefficient (Wildman–Crippen LogP) is 2.08. The first kappa shape index (κ1) is 18.1. The van der Waals surface area contributed by atoms with Crippen molar-refractivity contribution in [3.63, 3.8) is 0 Å². The minimum absolute atomic E-state index is 0.0887. The second-order valence-electron chi connectivity index (χ2n) is 5.84. The number of benzene rings is 2. The van der Waals surface area contributed by atoms with Gasteiger partial charge >= 0.3 is 5.97 Å². The van der Waals surface area contributed by atoms with Crippen molar-refractivity contribution in [3.05, 3.63) is 47.5 Å². The van der Waals surface area contributed by atoms with Crippen LogP contribution in [0.1, 0.15) is 11.1 Å². The molecule has 0 fully saturated rings. The molecule has 2 aromatic rings. The summed E-state index contributed by atoms with van der Waals surface area (Å²) in [5.74, 6) is -0.618. The van der Waals surface area contributed by atoms with E-state index in [0.717, 1.165) is 5.56 Å². The summed E-state index contributed by atoms with van der Waals surface area (Å²) in [5, 5.41) is 9.19. The minimum Gasteiger partial charge on any atom is -0.493 e. The fourth-order valence-electron chi connectivity index (χ4n) is 3.12. The van der Waals surface area contributed by atoms with E-state index in [9.17, 15) is 18.3 Å². The number of aliphatic carboxylic acids is 1. The highest BCUT2D eigenvalue weighted by Crippen LogP contribution is 2.38. The molecule has 0 unspecified atom stereocenters. The number of carboxylic acid groups (broad SMARTS) is 1. The SMILES string of the molecule is COc1cc(CC(=O)O)c(S(=O)(=O)N2CCc3ccccc32)cc1OC. The Labute approximate surface area is 151 Å². The zero-order valence-corrected chi connectivity index (χ0v) is 15.2. The largest absolute Gasteiger partial charge is 0.493 e. The molecule has 1 aliphatic heterocycles. The Bertz CT molecular complexity index is 954. The van der Waals surface area contributed by atoms with Crippen molar-refractivity contribution in [2.24, 2.45) is 0 Å². The van der Waals surface area contributed by atoms with Gasteiger partial charge in [-0.25, -0.2) is 8.42 Å². The average molecular weight is 377 g/mol. The van der Waals surface area contributed by atoms with Crippen LogP contribution in [0.5, 0.6) is 11.5 Å². The number of carboxylic acids is 1. The van der Waals surface area contributed by atoms with Crippen LogP contribution in [0.15, 0.2) is 41.3 Å². The number of carbonyl (C=O) groups is 1. The Morgan fingerprint density at radius 1 is 1.15 bits per heavy atom. The highest BCUT2D eigenvalue weighted by atomic mass is 32.2. The summed E-state index contributed by atoms with van der Waals surface area (Å²) in [7, 11) is -1.14. The lowest BCUT2D eigenvalue weighted by Gasteiger charge is -2.22. The molecule has 8 heteroatoms. The van der Waals surface area contributed by atoms with E-state index >= 15 is 0 Å². The van der Waals surface area contributed by atoms with Gasteiger partial charge in [0.1, 0.15) is 0 Å². The van der Waals surface area contributed by atoms with E-state index in [1.807, 2.05) is 12.1 Å². The van der Waals surface area contributed by atoms with Crippen LogP contribution in [0.4, 0.5) is 5.69 Å². The maximum atomic E-state index is 13.3. The molecule has 0 atom stereocenters. The second-order valence-corrected chi connectivity index (χ2v) is 7.67. The quantitative estimate of drug-likeness (QED) is 0.829. The Morgan fingerprint density at radius 3 is 2.46 bits per heavy atom. The van der Waals surface area contributed by atoms with Crippen LogP contribution in [0.3, 0.4) is 0 Å². The zero-order chi connectivity index (χ0) is 18.9. The third-order valence-corrected chi connectivity index (χ3v) is 6.22. The fraction of sp³-hybridized carbons (Fsp3) is 0.278. The lowest BCUT2D eigenvalue weighted by molar-refractivity contribution is -0.136. The maximum Gasteiger partial charge on any atom is 0.307 e. The Kier molecular flexibility index (Phi) is 4.78. The van der Waals surface area contributed by atoms with E-state index in [1.54, 1.807) is 12.1 Å². The van der Waals surface area contributed by atoms with Crippen molar-refractivity contribution in [2.45, 2.75) is 17.7 Å². The first-order chi connectivity index (χ1) is 12.4. The molecular weight excluding hydrogens is 358 g/mol. The topological polar surface area (TPSA) is 93.1 Å². The van der Waals surface area contributed by atoms with Crippen molar-refractivity contribution in [1.29, 1.82) is 0 Å². The number of nitrogens with zero attached hydrogens (tertiary/aromatic N) is 1. The van der Waals surface area contributed by atoms with Crippen molar-refractivity contribution in [1.82, 2.24) is 0 Å². The Morgan fingerprint density at radius 2 is 1.81 bits per heavy atom. The molecule has 0 radical (unpaired) electrons. The van der Waals surface area contributed by atoms with Gasteiger partial charge in [0.15, 0.2) is 11.5 Å². The molecule has 1 aliphatic rings. The van der Waals surface area contributed by atoms with E-state index in [1.165, 1.54) is 30.7 Å². The molecule has 0 saturated carbocycles. The maximum absolute atomic E-state index is 13.3. The van der Waals surface area contributed by atoms with Crippen LogP contribution in [-0.2, 0) is 27.7 Å². The van der Waals surface area contributed by atoms with Gasteiger partial charge in [0.05, 0.1) is 31.2 Å². The first-order valence-corrected chi connectivity index (χ1v) is 9.40. The van der Waals surface area contributed by atoms with E-state index in [-0.39, 0.29) is 22.0 Å². The van der Waals surface area contributed by atoms with Crippen LogP contribution < -0.4 is 13.8 Å². The Balaban J connectivity index is 2.16. The van der Waals surface area contributed by atoms with Crippen molar-refractivity contribution >= 4 is 21.7 Å². The van der Waals surface area contributed by atoms with Gasteiger partial charge in [-0.15, -0.1) is 0 Å². The molecule has 7 nitrogen and oxygen atoms in total. The molecule has 0 spiro atoms. The summed E-state index contributed by atoms with van der Waals surface area (Å²) in [4.78, 5) is 11.2. The van der Waals surface area contributed by atoms with Gasteiger partial charge in [-0.3, -0.25) is 9.10 Å². The third kappa shape index (κ3) is 3.08. The van der Waals surface area contributed by atoms with Crippen molar-refractivity contribution < 1.29 is 27.8 Å². The summed E-state index contributed by atoms with van der Waals surface area (Å²) in [6.07, 6.45) is 0.168. The molecular formula is C18H19NO6S. The molecule has 1 heterocycles. The van der Waals surface area contributed by atoms with Crippen molar-refractivity contribution in [3.8, 4) is 11.5 Å². The van der Waals surface area contributed by atoms with Crippen LogP contribution in [0.2, 0.25) is 0 Å². The van der Waals surface area contributed by atoms with Gasteiger partial charge in [0.25, 0.3) is 10.0 Å². The molecule has 138 valence electrons. The van der Waals surface area contributed by atoms with Crippen LogP contribution >= 0.6 is 0 Å². The number of hydrogen-bond donors (Lipinski definition) is 1. The standard InChI is InChI=1S/C18H19NO6S/c1-24-15-9-13(10-18(20)21)17(11-16(15)25-2)26(22,23)19-8-7-12-5-3-4-6-14(12)19/h3-6,9,11H,7-8,10H2,1-2H3,(H,20,21). The number of methoxy groups -OCH3 is 2. The second kappa shape index (κ2) is 6.87. The number of rotatable bonds is 6. The summed E-state index contributed by atoms with van der Waals surface area (Å²) >= 11 is 0. The number of sulfonamides is 1. The van der Waals surface area contributed by atoms with E-state index in [2.05, 4.69) is 0 Å². The summed E-state index contributed by atoms with van der Waals surface area (Å²) in [6, 6.07) is 10.0. The summed E-state index contributed by atoms with van der Waals surface area (Å²) in [5.41, 5.74) is 1.71. The Hall–Kier alpha value is -2.74. The number of fused-ring (bicyclic) bond motifs is 1. The third-order valence-electron chi connectivity index (χ3n) is 4.32. The van der Waals surface area contributed by atoms with Crippen molar-refractivity contribution in [2.75, 3.05) is 25.1 Å². The van der Waals surface area contributed by atoms with Gasteiger partial charge < -0.3 is 14.6 Å². The molecule has 2 aromatic carbocycles. The number of anilines is 1. The highest BCUT2D eigenvalue weighted by Gasteiger charge is 2.33. The molecule has 3 rings (SSSR count). The average Bonchev–Trinajstić information content (AvgIpc) is 3.05. The molecule has 0 saturated heterocycles. The first-order valence-electron chi connectivity index (χ1n) is 7.96. The fourth-order valence-corrected chi connectivity index (χ4v) is 4.84. The number of para-hydroxylation sites is 1. The summed E-state index contributed by atoms with van der Waals surface area (Å²) < 4.78 is 38.3. The van der Waals surface area contributed by atoms with E-state index in [0.29, 0.717) is 18.7 Å². The molecule has 1 N–H and O–H groups in total.